The molecule has 0 fully saturated rings. The van der Waals surface area contributed by atoms with Gasteiger partial charge in [-0.3, -0.25) is 14.6 Å². The van der Waals surface area contributed by atoms with Crippen molar-refractivity contribution in [3.63, 3.8) is 0 Å². The molecule has 0 aliphatic rings. The number of carboxylic acid groups (broad SMARTS) is 1. The number of carbonyl (C=O) groups is 2. The van der Waals surface area contributed by atoms with Crippen LogP contribution in [-0.4, -0.2) is 74.0 Å². The molecule has 0 saturated carbocycles. The van der Waals surface area contributed by atoms with Gasteiger partial charge in [0.25, 0.3) is 0 Å². The van der Waals surface area contributed by atoms with Crippen LogP contribution in [0, 0.1) is 0 Å². The summed E-state index contributed by atoms with van der Waals surface area (Å²) in [5.41, 5.74) is 0.923. The van der Waals surface area contributed by atoms with Crippen LogP contribution in [0.3, 0.4) is 0 Å². The molecular formula is C10H13KN2O4. The fourth-order valence-electron chi connectivity index (χ4n) is 1.21. The van der Waals surface area contributed by atoms with Crippen molar-refractivity contribution >= 4 is 69.5 Å². The summed E-state index contributed by atoms with van der Waals surface area (Å²) in [5.74, 6) is 4.23. The third kappa shape index (κ3) is 5.26. The maximum atomic E-state index is 10.4. The minimum absolute atomic E-state index is 0. The van der Waals surface area contributed by atoms with Gasteiger partial charge in [0.1, 0.15) is 0 Å². The average molecular weight is 264 g/mol. The van der Waals surface area contributed by atoms with Gasteiger partial charge in [-0.05, 0) is 17.7 Å². The molecule has 88 valence electrons. The molecular weight excluding hydrogens is 251 g/mol. The summed E-state index contributed by atoms with van der Waals surface area (Å²) in [6.07, 6.45) is -0.976. The predicted molar refractivity (Wildman–Crippen MR) is 63.5 cm³/mol. The number of benzene rings is 1. The normalized spacial score (nSPS) is 11.2. The third-order valence-corrected chi connectivity index (χ3v) is 2.06. The van der Waals surface area contributed by atoms with E-state index in [1.807, 2.05) is 0 Å². The van der Waals surface area contributed by atoms with Crippen LogP contribution < -0.4 is 10.9 Å². The van der Waals surface area contributed by atoms with E-state index in [-0.39, 0.29) is 57.8 Å². The van der Waals surface area contributed by atoms with E-state index in [9.17, 15) is 14.7 Å². The van der Waals surface area contributed by atoms with Crippen LogP contribution in [0.15, 0.2) is 24.3 Å². The molecule has 1 rings (SSSR count). The Labute approximate surface area is 141 Å². The molecule has 1 aromatic rings. The van der Waals surface area contributed by atoms with Gasteiger partial charge in [0.15, 0.2) is 0 Å². The summed E-state index contributed by atoms with van der Waals surface area (Å²) in [6, 6.07) is 6.09. The molecule has 0 radical (unpaired) electrons. The van der Waals surface area contributed by atoms with Crippen LogP contribution in [0.4, 0.5) is 5.69 Å². The van der Waals surface area contributed by atoms with E-state index < -0.39 is 12.1 Å². The van der Waals surface area contributed by atoms with Gasteiger partial charge < -0.3 is 10.2 Å². The second-order valence-electron chi connectivity index (χ2n) is 3.22. The summed E-state index contributed by atoms with van der Waals surface area (Å²) in [7, 11) is 0. The number of amides is 1. The second-order valence-corrected chi connectivity index (χ2v) is 3.22. The molecule has 0 spiro atoms. The van der Waals surface area contributed by atoms with Crippen LogP contribution in [0.2, 0.25) is 0 Å². The van der Waals surface area contributed by atoms with Crippen LogP contribution in [0.1, 0.15) is 18.1 Å². The van der Waals surface area contributed by atoms with Gasteiger partial charge in [-0.1, -0.05) is 12.1 Å². The summed E-state index contributed by atoms with van der Waals surface area (Å²) in [6.45, 7) is 0. The molecule has 1 amide bonds. The van der Waals surface area contributed by atoms with Crippen molar-refractivity contribution < 1.29 is 19.8 Å². The Balaban J connectivity index is 0.00000256. The fourth-order valence-corrected chi connectivity index (χ4v) is 1.21. The number of nitrogens with two attached hydrogens (primary N) is 1. The Kier molecular flexibility index (Phi) is 7.80. The van der Waals surface area contributed by atoms with Gasteiger partial charge in [-0.25, -0.2) is 5.84 Å². The molecule has 1 aromatic carbocycles. The number of rotatable bonds is 5. The first-order valence-corrected chi connectivity index (χ1v) is 4.53. The number of carbonyl (C=O) groups excluding carboxylic acids is 1. The molecule has 0 heterocycles. The zero-order chi connectivity index (χ0) is 12.1. The fraction of sp³-hybridized carbons (Fsp3) is 0.200. The molecule has 4 N–H and O–H groups in total. The van der Waals surface area contributed by atoms with E-state index in [4.69, 9.17) is 10.9 Å². The van der Waals surface area contributed by atoms with Gasteiger partial charge in [0, 0.05) is 0 Å². The molecule has 7 heteroatoms. The number of aliphatic hydroxyl groups excluding tert-OH is 1. The van der Waals surface area contributed by atoms with Crippen molar-refractivity contribution in [2.24, 2.45) is 5.84 Å². The molecule has 1 atom stereocenters. The van der Waals surface area contributed by atoms with E-state index in [0.717, 1.165) is 5.01 Å². The summed E-state index contributed by atoms with van der Waals surface area (Å²) in [5, 5.41) is 18.9. The quantitative estimate of drug-likeness (QED) is 0.216. The number of hydrazine groups is 1. The molecule has 0 aliphatic carbocycles. The summed E-state index contributed by atoms with van der Waals surface area (Å²) >= 11 is 0. The molecule has 0 aliphatic heterocycles. The first-order valence-electron chi connectivity index (χ1n) is 4.53. The number of aliphatic carboxylic acids is 1. The van der Waals surface area contributed by atoms with Gasteiger partial charge in [0.05, 0.1) is 18.2 Å². The van der Waals surface area contributed by atoms with Crippen molar-refractivity contribution in [1.29, 1.82) is 0 Å². The number of hydrogen-bond donors (Lipinski definition) is 3. The van der Waals surface area contributed by atoms with Crippen molar-refractivity contribution in [3.05, 3.63) is 29.8 Å². The summed E-state index contributed by atoms with van der Waals surface area (Å²) in [4.78, 5) is 20.7. The van der Waals surface area contributed by atoms with Crippen LogP contribution >= 0.6 is 0 Å². The number of hydrogen-bond acceptors (Lipinski definition) is 4. The van der Waals surface area contributed by atoms with Crippen molar-refractivity contribution in [1.82, 2.24) is 0 Å². The molecule has 17 heavy (non-hydrogen) atoms. The number of carboxylic acids is 1. The molecule has 6 nitrogen and oxygen atoms in total. The Morgan fingerprint density at radius 3 is 2.35 bits per heavy atom. The predicted octanol–water partition coefficient (Wildman–Crippen LogP) is -0.617. The van der Waals surface area contributed by atoms with Crippen molar-refractivity contribution in [3.8, 4) is 0 Å². The standard InChI is InChI=1S/C10H12N2O4.K.H/c11-12(6-13)8-3-1-7(2-4-8)9(14)5-10(15)16;;/h1-4,6,9,14H,5,11H2,(H,15,16);;. The second kappa shape index (κ2) is 7.93. The van der Waals surface area contributed by atoms with Crippen molar-refractivity contribution in [2.75, 3.05) is 5.01 Å². The average Bonchev–Trinajstić information content (AvgIpc) is 2.27. The zero-order valence-corrected chi connectivity index (χ0v) is 8.41. The van der Waals surface area contributed by atoms with E-state index in [1.54, 1.807) is 0 Å². The molecule has 0 aromatic heterocycles. The third-order valence-electron chi connectivity index (χ3n) is 2.06. The Morgan fingerprint density at radius 1 is 1.41 bits per heavy atom. The van der Waals surface area contributed by atoms with E-state index in [1.165, 1.54) is 24.3 Å². The van der Waals surface area contributed by atoms with Gasteiger partial charge in [0.2, 0.25) is 6.41 Å². The van der Waals surface area contributed by atoms with Gasteiger partial charge in [-0.2, -0.15) is 0 Å². The number of aliphatic hydroxyl groups is 1. The minimum atomic E-state index is -1.08. The number of nitrogens with zero attached hydrogens (tertiary/aromatic N) is 1. The van der Waals surface area contributed by atoms with Gasteiger partial charge >= 0.3 is 57.4 Å². The Hall–Kier alpha value is -0.284. The summed E-state index contributed by atoms with van der Waals surface area (Å²) < 4.78 is 0. The topological polar surface area (TPSA) is 104 Å². The van der Waals surface area contributed by atoms with Crippen molar-refractivity contribution in [2.45, 2.75) is 12.5 Å². The Morgan fingerprint density at radius 2 is 1.94 bits per heavy atom. The number of anilines is 1. The SMILES string of the molecule is NN(C=O)c1ccc(C(O)CC(=O)O)cc1.[KH]. The maximum absolute atomic E-state index is 10.4. The van der Waals surface area contributed by atoms with E-state index in [0.29, 0.717) is 17.7 Å². The van der Waals surface area contributed by atoms with Gasteiger partial charge in [-0.15, -0.1) is 0 Å². The molecule has 0 bridgehead atoms. The van der Waals surface area contributed by atoms with Crippen LogP contribution in [-0.2, 0) is 9.59 Å². The Bertz CT molecular complexity index is 382. The van der Waals surface area contributed by atoms with E-state index >= 15 is 0 Å². The van der Waals surface area contributed by atoms with Crippen LogP contribution in [0.5, 0.6) is 0 Å². The monoisotopic (exact) mass is 264 g/mol. The van der Waals surface area contributed by atoms with E-state index in [2.05, 4.69) is 0 Å². The van der Waals surface area contributed by atoms with Crippen LogP contribution in [0.25, 0.3) is 0 Å². The molecule has 1 unspecified atom stereocenters. The molecule has 0 saturated heterocycles. The zero-order valence-electron chi connectivity index (χ0n) is 8.41. The first-order chi connectivity index (χ1) is 7.54. The first kappa shape index (κ1) is 16.7.